The summed E-state index contributed by atoms with van der Waals surface area (Å²) >= 11 is 3.76. The van der Waals surface area contributed by atoms with Crippen LogP contribution in [0.4, 0.5) is 0 Å². The normalized spacial score (nSPS) is 13.5. The highest BCUT2D eigenvalue weighted by molar-refractivity contribution is 7.78. The summed E-state index contributed by atoms with van der Waals surface area (Å²) in [6.45, 7) is 1.18. The Morgan fingerprint density at radius 2 is 1.48 bits per heavy atom. The highest BCUT2D eigenvalue weighted by Gasteiger charge is 2.23. The first-order valence-corrected chi connectivity index (χ1v) is 7.87. The molecule has 21 heavy (non-hydrogen) atoms. The van der Waals surface area contributed by atoms with Crippen molar-refractivity contribution in [3.05, 3.63) is 0 Å². The van der Waals surface area contributed by atoms with Gasteiger partial charge in [0.1, 0.15) is 6.04 Å². The Morgan fingerprint density at radius 1 is 0.952 bits per heavy atom. The smallest absolute Gasteiger partial charge is 0.252 e. The average molecular weight is 319 g/mol. The number of nitrogens with one attached hydrogen (secondary N) is 3. The van der Waals surface area contributed by atoms with E-state index < -0.39 is 6.04 Å². The molecule has 0 aliphatic carbocycles. The molecular formula is C13H29N5O2S. The second kappa shape index (κ2) is 12.9. The zero-order chi connectivity index (χ0) is 16.1. The second-order valence-corrected chi connectivity index (χ2v) is 5.17. The molecule has 2 atom stereocenters. The molecule has 0 saturated carbocycles. The molecule has 8 heteroatoms. The Kier molecular flexibility index (Phi) is 12.4. The predicted octanol–water partition coefficient (Wildman–Crippen LogP) is -0.722. The van der Waals surface area contributed by atoms with E-state index in [0.29, 0.717) is 25.9 Å². The molecule has 0 spiro atoms. The van der Waals surface area contributed by atoms with Gasteiger partial charge in [0.05, 0.1) is 6.04 Å². The molecular weight excluding hydrogens is 290 g/mol. The SMILES string of the molecule is CNC(CCCCN)C(=O)NC(CCCCN)C(=O)NS. The predicted molar refractivity (Wildman–Crippen MR) is 87.7 cm³/mol. The Balaban J connectivity index is 4.42. The summed E-state index contributed by atoms with van der Waals surface area (Å²) in [7, 11) is 1.73. The molecule has 2 amide bonds. The lowest BCUT2D eigenvalue weighted by atomic mass is 10.1. The Bertz CT molecular complexity index is 304. The zero-order valence-electron chi connectivity index (χ0n) is 12.7. The molecule has 0 rings (SSSR count). The van der Waals surface area contributed by atoms with E-state index in [1.165, 1.54) is 0 Å². The summed E-state index contributed by atoms with van der Waals surface area (Å²) in [4.78, 5) is 23.9. The summed E-state index contributed by atoms with van der Waals surface area (Å²) < 4.78 is 2.28. The van der Waals surface area contributed by atoms with E-state index in [0.717, 1.165) is 25.7 Å². The number of rotatable bonds is 12. The van der Waals surface area contributed by atoms with Gasteiger partial charge in [-0.3, -0.25) is 9.59 Å². The van der Waals surface area contributed by atoms with Crippen LogP contribution in [-0.2, 0) is 9.59 Å². The minimum atomic E-state index is -0.577. The fourth-order valence-corrected chi connectivity index (χ4v) is 2.17. The lowest BCUT2D eigenvalue weighted by Crippen LogP contribution is -2.51. The minimum absolute atomic E-state index is 0.177. The van der Waals surface area contributed by atoms with Crippen molar-refractivity contribution < 1.29 is 9.59 Å². The molecule has 0 aromatic carbocycles. The van der Waals surface area contributed by atoms with Crippen LogP contribution in [0.5, 0.6) is 0 Å². The summed E-state index contributed by atoms with van der Waals surface area (Å²) in [5.41, 5.74) is 10.9. The van der Waals surface area contributed by atoms with E-state index in [9.17, 15) is 9.59 Å². The van der Waals surface area contributed by atoms with Crippen LogP contribution in [-0.4, -0.2) is 44.0 Å². The van der Waals surface area contributed by atoms with Crippen molar-refractivity contribution in [1.29, 1.82) is 0 Å². The molecule has 0 radical (unpaired) electrons. The first-order valence-electron chi connectivity index (χ1n) is 7.42. The van der Waals surface area contributed by atoms with Crippen LogP contribution in [0.15, 0.2) is 0 Å². The van der Waals surface area contributed by atoms with Gasteiger partial charge in [0.15, 0.2) is 0 Å². The van der Waals surface area contributed by atoms with Crippen LogP contribution in [0, 0.1) is 0 Å². The van der Waals surface area contributed by atoms with Crippen molar-refractivity contribution in [1.82, 2.24) is 15.4 Å². The third kappa shape index (κ3) is 8.92. The first-order chi connectivity index (χ1) is 10.1. The lowest BCUT2D eigenvalue weighted by Gasteiger charge is -2.21. The number of nitrogens with two attached hydrogens (primary N) is 2. The van der Waals surface area contributed by atoms with Crippen molar-refractivity contribution in [3.63, 3.8) is 0 Å². The number of likely N-dealkylation sites (N-methyl/N-ethyl adjacent to an activating group) is 1. The molecule has 124 valence electrons. The van der Waals surface area contributed by atoms with Crippen LogP contribution < -0.4 is 26.8 Å². The fourth-order valence-electron chi connectivity index (χ4n) is 2.01. The van der Waals surface area contributed by atoms with Gasteiger partial charge < -0.3 is 26.8 Å². The molecule has 0 heterocycles. The highest BCUT2D eigenvalue weighted by Crippen LogP contribution is 2.05. The van der Waals surface area contributed by atoms with E-state index in [1.807, 2.05) is 0 Å². The van der Waals surface area contributed by atoms with Crippen LogP contribution >= 0.6 is 12.8 Å². The Labute approximate surface area is 132 Å². The topological polar surface area (TPSA) is 122 Å². The molecule has 7 nitrogen and oxygen atoms in total. The van der Waals surface area contributed by atoms with Gasteiger partial charge in [-0.25, -0.2) is 0 Å². The minimum Gasteiger partial charge on any atom is -0.343 e. The van der Waals surface area contributed by atoms with Gasteiger partial charge in [0, 0.05) is 0 Å². The number of carbonyl (C=O) groups excluding carboxylic acids is 2. The van der Waals surface area contributed by atoms with Gasteiger partial charge in [-0.15, -0.1) is 0 Å². The molecule has 7 N–H and O–H groups in total. The van der Waals surface area contributed by atoms with Crippen LogP contribution in [0.3, 0.4) is 0 Å². The van der Waals surface area contributed by atoms with Gasteiger partial charge in [-0.1, -0.05) is 19.2 Å². The van der Waals surface area contributed by atoms with Crippen molar-refractivity contribution >= 4 is 24.6 Å². The lowest BCUT2D eigenvalue weighted by molar-refractivity contribution is -0.129. The number of amides is 2. The fraction of sp³-hybridized carbons (Fsp3) is 0.846. The Morgan fingerprint density at radius 3 is 1.90 bits per heavy atom. The summed E-state index contributed by atoms with van der Waals surface area (Å²) in [5.74, 6) is -0.482. The zero-order valence-corrected chi connectivity index (χ0v) is 13.6. The standard InChI is InChI=1S/C13H29N5O2S/c1-16-10(6-2-4-8-14)12(19)17-11(13(20)18-21)7-3-5-9-15/h10-11,16,21H,2-9,14-15H2,1H3,(H,17,19)(H,18,20). The number of unbranched alkanes of at least 4 members (excludes halogenated alkanes) is 2. The van der Waals surface area contributed by atoms with E-state index >= 15 is 0 Å². The summed E-state index contributed by atoms with van der Waals surface area (Å²) in [6, 6.07) is -0.895. The Hall–Kier alpha value is -0.830. The molecule has 0 aromatic rings. The van der Waals surface area contributed by atoms with Crippen LogP contribution in [0.25, 0.3) is 0 Å². The monoisotopic (exact) mass is 319 g/mol. The van der Waals surface area contributed by atoms with Gasteiger partial charge in [-0.05, 0) is 52.2 Å². The van der Waals surface area contributed by atoms with E-state index in [1.54, 1.807) is 7.05 Å². The van der Waals surface area contributed by atoms with Crippen molar-refractivity contribution in [2.45, 2.75) is 50.6 Å². The van der Waals surface area contributed by atoms with Gasteiger partial charge in [0.2, 0.25) is 5.91 Å². The second-order valence-electron chi connectivity index (χ2n) is 4.95. The highest BCUT2D eigenvalue weighted by atomic mass is 32.1. The van der Waals surface area contributed by atoms with E-state index in [2.05, 4.69) is 28.2 Å². The summed E-state index contributed by atoms with van der Waals surface area (Å²) in [5, 5.41) is 5.74. The van der Waals surface area contributed by atoms with Gasteiger partial charge in [0.25, 0.3) is 5.91 Å². The number of hydrogen-bond acceptors (Lipinski definition) is 6. The first kappa shape index (κ1) is 20.2. The van der Waals surface area contributed by atoms with Crippen LogP contribution in [0.2, 0.25) is 0 Å². The van der Waals surface area contributed by atoms with Crippen molar-refractivity contribution in [2.75, 3.05) is 20.1 Å². The average Bonchev–Trinajstić information content (AvgIpc) is 2.49. The number of hydrogen-bond donors (Lipinski definition) is 6. The third-order valence-electron chi connectivity index (χ3n) is 3.30. The summed E-state index contributed by atoms with van der Waals surface area (Å²) in [6.07, 6.45) is 4.58. The maximum Gasteiger partial charge on any atom is 0.252 e. The molecule has 0 bridgehead atoms. The van der Waals surface area contributed by atoms with Crippen LogP contribution in [0.1, 0.15) is 38.5 Å². The maximum atomic E-state index is 12.2. The molecule has 0 fully saturated rings. The van der Waals surface area contributed by atoms with Gasteiger partial charge >= 0.3 is 0 Å². The number of thiol groups is 1. The molecule has 0 aromatic heterocycles. The molecule has 0 aliphatic rings. The molecule has 0 saturated heterocycles. The molecule has 0 aliphatic heterocycles. The maximum absolute atomic E-state index is 12.2. The third-order valence-corrected chi connectivity index (χ3v) is 3.52. The largest absolute Gasteiger partial charge is 0.343 e. The van der Waals surface area contributed by atoms with Gasteiger partial charge in [-0.2, -0.15) is 0 Å². The molecule has 2 unspecified atom stereocenters. The number of carbonyl (C=O) groups is 2. The van der Waals surface area contributed by atoms with E-state index in [4.69, 9.17) is 11.5 Å². The van der Waals surface area contributed by atoms with Crippen molar-refractivity contribution in [3.8, 4) is 0 Å². The van der Waals surface area contributed by atoms with Crippen molar-refractivity contribution in [2.24, 2.45) is 11.5 Å². The quantitative estimate of drug-likeness (QED) is 0.209. The van der Waals surface area contributed by atoms with E-state index in [-0.39, 0.29) is 17.9 Å².